The molecule has 3 nitrogen and oxygen atoms in total. The number of rotatable bonds is 5. The second-order valence-corrected chi connectivity index (χ2v) is 7.86. The zero-order valence-electron chi connectivity index (χ0n) is 17.5. The molecule has 158 valence electrons. The molecule has 0 aliphatic carbocycles. The maximum absolute atomic E-state index is 13.8. The standard InChI is InChI=1S/C26H22F2O3/c1-15(2)18-9-7-17(8-10-18)12-24-26(29)25-16(3)11-19(13-23(25)31-24)30-14-20-21(27)5-4-6-22(20)28/h4-13,15H,14H2,1-3H3/b24-12-. The quantitative estimate of drug-likeness (QED) is 0.437. The lowest BCUT2D eigenvalue weighted by Crippen LogP contribution is -2.02. The number of carbonyl (C=O) groups is 1. The Bertz CT molecular complexity index is 1160. The van der Waals surface area contributed by atoms with Crippen molar-refractivity contribution in [1.29, 1.82) is 0 Å². The largest absolute Gasteiger partial charge is 0.489 e. The molecule has 31 heavy (non-hydrogen) atoms. The van der Waals surface area contributed by atoms with Crippen LogP contribution in [0.2, 0.25) is 0 Å². The first kappa shape index (κ1) is 20.8. The molecule has 3 aromatic carbocycles. The molecule has 0 saturated carbocycles. The maximum Gasteiger partial charge on any atom is 0.232 e. The molecule has 1 heterocycles. The van der Waals surface area contributed by atoms with Crippen molar-refractivity contribution in [2.75, 3.05) is 0 Å². The van der Waals surface area contributed by atoms with Crippen molar-refractivity contribution in [3.05, 3.63) is 99.8 Å². The Morgan fingerprint density at radius 2 is 1.71 bits per heavy atom. The van der Waals surface area contributed by atoms with E-state index in [2.05, 4.69) is 13.8 Å². The Labute approximate surface area is 179 Å². The van der Waals surface area contributed by atoms with Crippen LogP contribution in [0.3, 0.4) is 0 Å². The summed E-state index contributed by atoms with van der Waals surface area (Å²) in [6.45, 7) is 5.75. The van der Waals surface area contributed by atoms with E-state index < -0.39 is 11.6 Å². The van der Waals surface area contributed by atoms with Gasteiger partial charge in [0.25, 0.3) is 0 Å². The van der Waals surface area contributed by atoms with E-state index in [9.17, 15) is 13.6 Å². The molecule has 0 bridgehead atoms. The van der Waals surface area contributed by atoms with Crippen LogP contribution < -0.4 is 9.47 Å². The maximum atomic E-state index is 13.8. The normalized spacial score (nSPS) is 14.1. The van der Waals surface area contributed by atoms with Crippen molar-refractivity contribution in [1.82, 2.24) is 0 Å². The minimum Gasteiger partial charge on any atom is -0.489 e. The number of hydrogen-bond donors (Lipinski definition) is 0. The average molecular weight is 420 g/mol. The highest BCUT2D eigenvalue weighted by Gasteiger charge is 2.30. The Balaban J connectivity index is 1.56. The van der Waals surface area contributed by atoms with Crippen LogP contribution in [0.4, 0.5) is 8.78 Å². The fraction of sp³-hybridized carbons (Fsp3) is 0.192. The zero-order chi connectivity index (χ0) is 22.1. The number of halogens is 2. The van der Waals surface area contributed by atoms with E-state index in [1.807, 2.05) is 24.3 Å². The average Bonchev–Trinajstić information content (AvgIpc) is 3.03. The number of aryl methyl sites for hydroxylation is 1. The van der Waals surface area contributed by atoms with E-state index in [4.69, 9.17) is 9.47 Å². The molecule has 0 radical (unpaired) electrons. The van der Waals surface area contributed by atoms with Gasteiger partial charge in [-0.05, 0) is 53.8 Å². The van der Waals surface area contributed by atoms with E-state index in [-0.39, 0.29) is 23.7 Å². The number of benzene rings is 3. The number of ketones is 1. The highest BCUT2D eigenvalue weighted by atomic mass is 19.1. The fourth-order valence-electron chi connectivity index (χ4n) is 3.51. The van der Waals surface area contributed by atoms with Crippen LogP contribution in [0.1, 0.15) is 52.4 Å². The van der Waals surface area contributed by atoms with Gasteiger partial charge in [0.05, 0.1) is 11.1 Å². The molecule has 0 amide bonds. The summed E-state index contributed by atoms with van der Waals surface area (Å²) in [7, 11) is 0. The van der Waals surface area contributed by atoms with E-state index in [1.165, 1.54) is 23.8 Å². The van der Waals surface area contributed by atoms with Crippen molar-refractivity contribution >= 4 is 11.9 Å². The van der Waals surface area contributed by atoms with Crippen LogP contribution in [-0.4, -0.2) is 5.78 Å². The first-order chi connectivity index (χ1) is 14.8. The number of allylic oxidation sites excluding steroid dienone is 1. The minimum atomic E-state index is -0.669. The second kappa shape index (κ2) is 8.34. The predicted octanol–water partition coefficient (Wildman–Crippen LogP) is 6.59. The molecule has 0 saturated heterocycles. The number of Topliss-reactive ketones (excluding diaryl/α,β-unsaturated/α-hetero) is 1. The molecule has 1 aliphatic rings. The van der Waals surface area contributed by atoms with Gasteiger partial charge in [-0.25, -0.2) is 8.78 Å². The van der Waals surface area contributed by atoms with Crippen LogP contribution in [0.25, 0.3) is 6.08 Å². The Morgan fingerprint density at radius 1 is 1.03 bits per heavy atom. The summed E-state index contributed by atoms with van der Waals surface area (Å²) in [5, 5.41) is 0. The van der Waals surface area contributed by atoms with E-state index in [0.29, 0.717) is 28.5 Å². The van der Waals surface area contributed by atoms with Crippen molar-refractivity contribution in [2.45, 2.75) is 33.3 Å². The second-order valence-electron chi connectivity index (χ2n) is 7.86. The monoisotopic (exact) mass is 420 g/mol. The topological polar surface area (TPSA) is 35.5 Å². The van der Waals surface area contributed by atoms with Gasteiger partial charge in [-0.2, -0.15) is 0 Å². The third-order valence-electron chi connectivity index (χ3n) is 5.29. The van der Waals surface area contributed by atoms with Crippen LogP contribution >= 0.6 is 0 Å². The summed E-state index contributed by atoms with van der Waals surface area (Å²) in [6, 6.07) is 14.9. The van der Waals surface area contributed by atoms with Crippen molar-refractivity contribution in [3.63, 3.8) is 0 Å². The van der Waals surface area contributed by atoms with Gasteiger partial charge in [-0.3, -0.25) is 4.79 Å². The first-order valence-corrected chi connectivity index (χ1v) is 10.1. The van der Waals surface area contributed by atoms with Crippen LogP contribution in [0.15, 0.2) is 60.4 Å². The summed E-state index contributed by atoms with van der Waals surface area (Å²) in [4.78, 5) is 12.8. The molecule has 1 aliphatic heterocycles. The fourth-order valence-corrected chi connectivity index (χ4v) is 3.51. The molecule has 0 spiro atoms. The summed E-state index contributed by atoms with van der Waals surface area (Å²) in [6.07, 6.45) is 1.71. The highest BCUT2D eigenvalue weighted by molar-refractivity contribution is 6.15. The molecule has 0 unspecified atom stereocenters. The van der Waals surface area contributed by atoms with Crippen molar-refractivity contribution in [3.8, 4) is 11.5 Å². The van der Waals surface area contributed by atoms with E-state index in [0.717, 1.165) is 5.56 Å². The summed E-state index contributed by atoms with van der Waals surface area (Å²) in [5.41, 5.74) is 3.07. The van der Waals surface area contributed by atoms with Gasteiger partial charge in [0.1, 0.15) is 29.7 Å². The van der Waals surface area contributed by atoms with Crippen LogP contribution in [0, 0.1) is 18.6 Å². The third kappa shape index (κ3) is 4.22. The number of fused-ring (bicyclic) bond motifs is 1. The lowest BCUT2D eigenvalue weighted by molar-refractivity contribution is 0.101. The molecule has 0 N–H and O–H groups in total. The van der Waals surface area contributed by atoms with Gasteiger partial charge in [-0.15, -0.1) is 0 Å². The number of ether oxygens (including phenoxy) is 2. The highest BCUT2D eigenvalue weighted by Crippen LogP contribution is 2.38. The molecular formula is C26H22F2O3. The van der Waals surface area contributed by atoms with Crippen LogP contribution in [-0.2, 0) is 6.61 Å². The Morgan fingerprint density at radius 3 is 2.35 bits per heavy atom. The molecule has 0 fully saturated rings. The SMILES string of the molecule is Cc1cc(OCc2c(F)cccc2F)cc2c1C(=O)/C(=C/c1ccc(C(C)C)cc1)O2. The summed E-state index contributed by atoms with van der Waals surface area (Å²) in [5.74, 6) is -0.140. The van der Waals surface area contributed by atoms with Gasteiger partial charge in [0.15, 0.2) is 5.76 Å². The van der Waals surface area contributed by atoms with Gasteiger partial charge >= 0.3 is 0 Å². The predicted molar refractivity (Wildman–Crippen MR) is 115 cm³/mol. The van der Waals surface area contributed by atoms with Gasteiger partial charge < -0.3 is 9.47 Å². The lowest BCUT2D eigenvalue weighted by Gasteiger charge is -2.10. The molecule has 3 aromatic rings. The van der Waals surface area contributed by atoms with Crippen LogP contribution in [0.5, 0.6) is 11.5 Å². The third-order valence-corrected chi connectivity index (χ3v) is 5.29. The van der Waals surface area contributed by atoms with Gasteiger partial charge in [0.2, 0.25) is 5.78 Å². The minimum absolute atomic E-state index is 0.150. The molecule has 5 heteroatoms. The molecule has 0 aromatic heterocycles. The van der Waals surface area contributed by atoms with Gasteiger partial charge in [-0.1, -0.05) is 44.2 Å². The summed E-state index contributed by atoms with van der Waals surface area (Å²) >= 11 is 0. The Kier molecular flexibility index (Phi) is 5.59. The van der Waals surface area contributed by atoms with Gasteiger partial charge in [0, 0.05) is 6.07 Å². The van der Waals surface area contributed by atoms with Crippen molar-refractivity contribution < 1.29 is 23.0 Å². The van der Waals surface area contributed by atoms with Crippen molar-refractivity contribution in [2.24, 2.45) is 0 Å². The number of carbonyl (C=O) groups excluding carboxylic acids is 1. The van der Waals surface area contributed by atoms with E-state index >= 15 is 0 Å². The zero-order valence-corrected chi connectivity index (χ0v) is 17.5. The number of hydrogen-bond acceptors (Lipinski definition) is 3. The first-order valence-electron chi connectivity index (χ1n) is 10.1. The lowest BCUT2D eigenvalue weighted by atomic mass is 10.0. The summed E-state index contributed by atoms with van der Waals surface area (Å²) < 4.78 is 39.1. The smallest absolute Gasteiger partial charge is 0.232 e. The molecule has 0 atom stereocenters. The molecular weight excluding hydrogens is 398 g/mol. The van der Waals surface area contributed by atoms with E-state index in [1.54, 1.807) is 25.1 Å². The Hall–Kier alpha value is -3.47. The molecule has 4 rings (SSSR count).